The molecule has 0 bridgehead atoms. The van der Waals surface area contributed by atoms with Crippen molar-refractivity contribution in [2.75, 3.05) is 18.0 Å². The fourth-order valence-electron chi connectivity index (χ4n) is 1.94. The average Bonchev–Trinajstić information content (AvgIpc) is 2.22. The molecule has 3 nitrogen and oxygen atoms in total. The van der Waals surface area contributed by atoms with Crippen LogP contribution in [0.5, 0.6) is 0 Å². The van der Waals surface area contributed by atoms with Crippen LogP contribution in [0, 0.1) is 5.82 Å². The first kappa shape index (κ1) is 10.4. The number of anilines is 1. The summed E-state index contributed by atoms with van der Waals surface area (Å²) in [4.78, 5) is 6.07. The fourth-order valence-corrected chi connectivity index (χ4v) is 1.94. The van der Waals surface area contributed by atoms with Crippen molar-refractivity contribution in [3.05, 3.63) is 24.3 Å². The Morgan fingerprint density at radius 3 is 3.00 bits per heavy atom. The molecule has 0 amide bonds. The number of hydrogen-bond acceptors (Lipinski definition) is 3. The number of nitrogens with one attached hydrogen (secondary N) is 1. The van der Waals surface area contributed by atoms with Gasteiger partial charge in [0.1, 0.15) is 5.82 Å². The molecule has 0 aromatic carbocycles. The lowest BCUT2D eigenvalue weighted by Crippen LogP contribution is -2.54. The van der Waals surface area contributed by atoms with Crippen LogP contribution >= 0.6 is 0 Å². The first-order valence-corrected chi connectivity index (χ1v) is 5.27. The lowest BCUT2D eigenvalue weighted by molar-refractivity contribution is 0.424. The molecular formula is C11H16FN3. The van der Waals surface area contributed by atoms with E-state index in [0.717, 1.165) is 18.8 Å². The summed E-state index contributed by atoms with van der Waals surface area (Å²) in [7, 11) is 0. The van der Waals surface area contributed by atoms with E-state index in [-0.39, 0.29) is 5.82 Å². The third-order valence-corrected chi connectivity index (χ3v) is 2.79. The van der Waals surface area contributed by atoms with Crippen LogP contribution in [0.4, 0.5) is 10.1 Å². The monoisotopic (exact) mass is 209 g/mol. The highest BCUT2D eigenvalue weighted by Gasteiger charge is 2.22. The summed E-state index contributed by atoms with van der Waals surface area (Å²) in [5, 5.41) is 3.39. The maximum absolute atomic E-state index is 13.0. The molecule has 1 aliphatic heterocycles. The largest absolute Gasteiger partial charge is 0.365 e. The van der Waals surface area contributed by atoms with Crippen LogP contribution < -0.4 is 10.2 Å². The number of halogens is 1. The van der Waals surface area contributed by atoms with Crippen molar-refractivity contribution < 1.29 is 4.39 Å². The van der Waals surface area contributed by atoms with Crippen molar-refractivity contribution >= 4 is 5.69 Å². The zero-order chi connectivity index (χ0) is 10.8. The molecule has 0 saturated carbocycles. The van der Waals surface area contributed by atoms with Gasteiger partial charge in [-0.3, -0.25) is 4.98 Å². The van der Waals surface area contributed by atoms with E-state index in [9.17, 15) is 4.39 Å². The topological polar surface area (TPSA) is 28.2 Å². The van der Waals surface area contributed by atoms with Crippen molar-refractivity contribution in [1.82, 2.24) is 10.3 Å². The Morgan fingerprint density at radius 1 is 1.47 bits per heavy atom. The third kappa shape index (κ3) is 2.26. The quantitative estimate of drug-likeness (QED) is 0.758. The Hall–Kier alpha value is -1.16. The van der Waals surface area contributed by atoms with Crippen LogP contribution in [0.3, 0.4) is 0 Å². The molecule has 1 N–H and O–H groups in total. The Labute approximate surface area is 89.3 Å². The van der Waals surface area contributed by atoms with Crippen molar-refractivity contribution in [2.24, 2.45) is 0 Å². The minimum Gasteiger partial charge on any atom is -0.365 e. The standard InChI is InChI=1S/C11H16FN3/c1-8-7-15(9(2)4-14-8)11-3-10(12)5-13-6-11/h3,5-6,8-9,14H,4,7H2,1-2H3. The highest BCUT2D eigenvalue weighted by molar-refractivity contribution is 5.46. The van der Waals surface area contributed by atoms with E-state index < -0.39 is 0 Å². The second-order valence-electron chi connectivity index (χ2n) is 4.17. The van der Waals surface area contributed by atoms with Crippen molar-refractivity contribution in [3.63, 3.8) is 0 Å². The molecule has 0 radical (unpaired) electrons. The first-order valence-electron chi connectivity index (χ1n) is 5.27. The molecule has 0 aliphatic carbocycles. The summed E-state index contributed by atoms with van der Waals surface area (Å²) in [6, 6.07) is 2.36. The fraction of sp³-hybridized carbons (Fsp3) is 0.545. The molecule has 15 heavy (non-hydrogen) atoms. The Bertz CT molecular complexity index is 342. The van der Waals surface area contributed by atoms with Gasteiger partial charge < -0.3 is 10.2 Å². The molecule has 1 aromatic rings. The van der Waals surface area contributed by atoms with Gasteiger partial charge in [0.25, 0.3) is 0 Å². The molecule has 1 aliphatic rings. The third-order valence-electron chi connectivity index (χ3n) is 2.79. The van der Waals surface area contributed by atoms with Crippen LogP contribution in [0.15, 0.2) is 18.5 Å². The molecule has 1 saturated heterocycles. The van der Waals surface area contributed by atoms with Gasteiger partial charge in [0.2, 0.25) is 0 Å². The molecular weight excluding hydrogens is 193 g/mol. The Kier molecular flexibility index (Phi) is 2.86. The van der Waals surface area contributed by atoms with E-state index in [4.69, 9.17) is 0 Å². The summed E-state index contributed by atoms with van der Waals surface area (Å²) in [5.74, 6) is -0.272. The minimum absolute atomic E-state index is 0.272. The predicted molar refractivity (Wildman–Crippen MR) is 58.5 cm³/mol. The number of piperazine rings is 1. The Balaban J connectivity index is 2.21. The van der Waals surface area contributed by atoms with Crippen LogP contribution in [-0.4, -0.2) is 30.2 Å². The molecule has 2 unspecified atom stereocenters. The number of rotatable bonds is 1. The van der Waals surface area contributed by atoms with Gasteiger partial charge in [-0.05, 0) is 13.8 Å². The summed E-state index contributed by atoms with van der Waals surface area (Å²) in [6.07, 6.45) is 2.96. The van der Waals surface area contributed by atoms with Gasteiger partial charge in [0.15, 0.2) is 0 Å². The first-order chi connectivity index (χ1) is 7.16. The van der Waals surface area contributed by atoms with Gasteiger partial charge >= 0.3 is 0 Å². The lowest BCUT2D eigenvalue weighted by atomic mass is 10.1. The Morgan fingerprint density at radius 2 is 2.27 bits per heavy atom. The zero-order valence-corrected chi connectivity index (χ0v) is 9.07. The normalized spacial score (nSPS) is 26.7. The van der Waals surface area contributed by atoms with E-state index in [1.165, 1.54) is 6.20 Å². The van der Waals surface area contributed by atoms with Gasteiger partial charge in [0.05, 0.1) is 18.1 Å². The molecule has 2 heterocycles. The van der Waals surface area contributed by atoms with E-state index in [0.29, 0.717) is 12.1 Å². The van der Waals surface area contributed by atoms with Gasteiger partial charge in [0, 0.05) is 31.2 Å². The minimum atomic E-state index is -0.272. The van der Waals surface area contributed by atoms with Crippen molar-refractivity contribution in [3.8, 4) is 0 Å². The lowest BCUT2D eigenvalue weighted by Gasteiger charge is -2.39. The molecule has 0 spiro atoms. The molecule has 1 fully saturated rings. The van der Waals surface area contributed by atoms with Gasteiger partial charge in [-0.2, -0.15) is 0 Å². The molecule has 2 rings (SSSR count). The maximum Gasteiger partial charge on any atom is 0.143 e. The summed E-state index contributed by atoms with van der Waals surface area (Å²) < 4.78 is 13.0. The van der Waals surface area contributed by atoms with Crippen LogP contribution in [0.2, 0.25) is 0 Å². The van der Waals surface area contributed by atoms with Gasteiger partial charge in [-0.1, -0.05) is 0 Å². The molecule has 4 heteroatoms. The maximum atomic E-state index is 13.0. The predicted octanol–water partition coefficient (Wildman–Crippen LogP) is 1.41. The molecule has 1 aromatic heterocycles. The van der Waals surface area contributed by atoms with E-state index >= 15 is 0 Å². The second-order valence-corrected chi connectivity index (χ2v) is 4.17. The van der Waals surface area contributed by atoms with Crippen LogP contribution in [0.25, 0.3) is 0 Å². The van der Waals surface area contributed by atoms with Gasteiger partial charge in [-0.25, -0.2) is 4.39 Å². The van der Waals surface area contributed by atoms with Gasteiger partial charge in [-0.15, -0.1) is 0 Å². The smallest absolute Gasteiger partial charge is 0.143 e. The number of aromatic nitrogens is 1. The second kappa shape index (κ2) is 4.14. The number of nitrogens with zero attached hydrogens (tertiary/aromatic N) is 2. The summed E-state index contributed by atoms with van der Waals surface area (Å²) >= 11 is 0. The van der Waals surface area contributed by atoms with E-state index in [1.54, 1.807) is 12.3 Å². The SMILES string of the molecule is CC1CN(c2cncc(F)c2)C(C)CN1. The van der Waals surface area contributed by atoms with Crippen LogP contribution in [0.1, 0.15) is 13.8 Å². The molecule has 82 valence electrons. The zero-order valence-electron chi connectivity index (χ0n) is 9.07. The highest BCUT2D eigenvalue weighted by atomic mass is 19.1. The summed E-state index contributed by atoms with van der Waals surface area (Å²) in [5.41, 5.74) is 0.871. The van der Waals surface area contributed by atoms with Crippen molar-refractivity contribution in [1.29, 1.82) is 0 Å². The van der Waals surface area contributed by atoms with Crippen molar-refractivity contribution in [2.45, 2.75) is 25.9 Å². The number of pyridine rings is 1. The number of hydrogen-bond donors (Lipinski definition) is 1. The van der Waals surface area contributed by atoms with Crippen LogP contribution in [-0.2, 0) is 0 Å². The highest BCUT2D eigenvalue weighted by Crippen LogP contribution is 2.19. The average molecular weight is 209 g/mol. The summed E-state index contributed by atoms with van der Waals surface area (Å²) in [6.45, 7) is 6.08. The van der Waals surface area contributed by atoms with E-state index in [2.05, 4.69) is 29.0 Å². The van der Waals surface area contributed by atoms with E-state index in [1.807, 2.05) is 0 Å². The molecule has 2 atom stereocenters.